The summed E-state index contributed by atoms with van der Waals surface area (Å²) in [7, 11) is 0. The van der Waals surface area contributed by atoms with Gasteiger partial charge in [0.25, 0.3) is 11.1 Å². The molecule has 1 fully saturated rings. The van der Waals surface area contributed by atoms with Crippen molar-refractivity contribution in [2.24, 2.45) is 0 Å². The van der Waals surface area contributed by atoms with Crippen molar-refractivity contribution in [2.45, 2.75) is 13.5 Å². The van der Waals surface area contributed by atoms with Crippen LogP contribution in [0.4, 0.5) is 4.79 Å². The lowest BCUT2D eigenvalue weighted by Crippen LogP contribution is -2.27. The molecule has 134 valence electrons. The zero-order valence-corrected chi connectivity index (χ0v) is 15.5. The van der Waals surface area contributed by atoms with Crippen molar-refractivity contribution in [1.82, 2.24) is 4.90 Å². The predicted molar refractivity (Wildman–Crippen MR) is 107 cm³/mol. The summed E-state index contributed by atoms with van der Waals surface area (Å²) in [5, 5.41) is -0.260. The third-order valence-corrected chi connectivity index (χ3v) is 5.33. The fraction of sp³-hybridized carbons (Fsp3) is 0.0909. The lowest BCUT2D eigenvalue weighted by molar-refractivity contribution is -0.123. The zero-order valence-electron chi connectivity index (χ0n) is 14.7. The smallest absolute Gasteiger partial charge is 0.293 e. The topological polar surface area (TPSA) is 50.5 Å². The van der Waals surface area contributed by atoms with Crippen LogP contribution in [-0.4, -0.2) is 16.0 Å². The van der Waals surface area contributed by atoms with Crippen molar-refractivity contribution in [3.63, 3.8) is 0 Å². The predicted octanol–water partition coefficient (Wildman–Crippen LogP) is 5.49. The Kier molecular flexibility index (Phi) is 4.69. The van der Waals surface area contributed by atoms with Crippen LogP contribution in [0.2, 0.25) is 0 Å². The van der Waals surface area contributed by atoms with Gasteiger partial charge < -0.3 is 4.42 Å². The van der Waals surface area contributed by atoms with Crippen molar-refractivity contribution in [1.29, 1.82) is 0 Å². The molecule has 0 bridgehead atoms. The van der Waals surface area contributed by atoms with Gasteiger partial charge in [0.2, 0.25) is 0 Å². The van der Waals surface area contributed by atoms with Crippen LogP contribution in [-0.2, 0) is 11.3 Å². The van der Waals surface area contributed by atoms with Gasteiger partial charge >= 0.3 is 0 Å². The first-order chi connectivity index (χ1) is 13.1. The molecule has 0 atom stereocenters. The summed E-state index contributed by atoms with van der Waals surface area (Å²) in [5.41, 5.74) is 2.98. The van der Waals surface area contributed by atoms with E-state index in [0.29, 0.717) is 10.7 Å². The van der Waals surface area contributed by atoms with E-state index in [2.05, 4.69) is 0 Å². The Morgan fingerprint density at radius 1 is 0.963 bits per heavy atom. The Bertz CT molecular complexity index is 1040. The largest absolute Gasteiger partial charge is 0.457 e. The molecule has 1 aromatic heterocycles. The quantitative estimate of drug-likeness (QED) is 0.566. The van der Waals surface area contributed by atoms with Gasteiger partial charge in [0, 0.05) is 11.6 Å². The number of nitrogens with zero attached hydrogens (tertiary/aromatic N) is 1. The van der Waals surface area contributed by atoms with Gasteiger partial charge in [-0.3, -0.25) is 14.5 Å². The van der Waals surface area contributed by atoms with Crippen LogP contribution in [0.3, 0.4) is 0 Å². The summed E-state index contributed by atoms with van der Waals surface area (Å²) in [5.74, 6) is 0.988. The number of thioether (sulfide) groups is 1. The van der Waals surface area contributed by atoms with E-state index in [1.54, 1.807) is 12.1 Å². The number of hydrogen-bond acceptors (Lipinski definition) is 4. The number of rotatable bonds is 4. The van der Waals surface area contributed by atoms with Crippen molar-refractivity contribution >= 4 is 29.0 Å². The third kappa shape index (κ3) is 3.59. The second kappa shape index (κ2) is 7.29. The lowest BCUT2D eigenvalue weighted by Gasteiger charge is -2.14. The molecule has 5 heteroatoms. The minimum absolute atomic E-state index is 0.260. The fourth-order valence-electron chi connectivity index (χ4n) is 2.91. The summed E-state index contributed by atoms with van der Waals surface area (Å²) in [6.45, 7) is 2.25. The standard InChI is InChI=1S/C22H17NO3S/c1-15-7-5-6-10-17(15)14-23-21(24)20(27-22(23)25)13-18-11-12-19(26-18)16-8-3-2-4-9-16/h2-13H,14H2,1H3/b20-13-. The maximum Gasteiger partial charge on any atom is 0.293 e. The molecule has 2 heterocycles. The average molecular weight is 375 g/mol. The first-order valence-corrected chi connectivity index (χ1v) is 9.38. The SMILES string of the molecule is Cc1ccccc1CN1C(=O)S/C(=C\c2ccc(-c3ccccc3)o2)C1=O. The van der Waals surface area contributed by atoms with Crippen LogP contribution < -0.4 is 0 Å². The van der Waals surface area contributed by atoms with Gasteiger partial charge in [0.05, 0.1) is 11.4 Å². The molecule has 0 saturated carbocycles. The van der Waals surface area contributed by atoms with Gasteiger partial charge in [-0.25, -0.2) is 0 Å². The highest BCUT2D eigenvalue weighted by molar-refractivity contribution is 8.18. The molecular formula is C22H17NO3S. The molecule has 0 N–H and O–H groups in total. The van der Waals surface area contributed by atoms with Gasteiger partial charge in [-0.2, -0.15) is 0 Å². The van der Waals surface area contributed by atoms with Gasteiger partial charge in [0.15, 0.2) is 0 Å². The number of benzene rings is 2. The summed E-state index contributed by atoms with van der Waals surface area (Å²) in [6.07, 6.45) is 1.63. The number of carbonyl (C=O) groups excluding carboxylic acids is 2. The monoisotopic (exact) mass is 375 g/mol. The lowest BCUT2D eigenvalue weighted by atomic mass is 10.1. The Morgan fingerprint density at radius 2 is 1.70 bits per heavy atom. The molecule has 27 heavy (non-hydrogen) atoms. The van der Waals surface area contributed by atoms with E-state index in [-0.39, 0.29) is 17.7 Å². The van der Waals surface area contributed by atoms with Crippen molar-refractivity contribution < 1.29 is 14.0 Å². The van der Waals surface area contributed by atoms with E-state index in [4.69, 9.17) is 4.42 Å². The maximum atomic E-state index is 12.7. The highest BCUT2D eigenvalue weighted by Gasteiger charge is 2.35. The van der Waals surface area contributed by atoms with Crippen LogP contribution >= 0.6 is 11.8 Å². The first kappa shape index (κ1) is 17.4. The molecule has 2 amide bonds. The van der Waals surface area contributed by atoms with E-state index in [9.17, 15) is 9.59 Å². The minimum atomic E-state index is -0.286. The Labute approximate surface area is 161 Å². The second-order valence-electron chi connectivity index (χ2n) is 6.26. The molecule has 1 aliphatic heterocycles. The minimum Gasteiger partial charge on any atom is -0.457 e. The molecule has 0 radical (unpaired) electrons. The third-order valence-electron chi connectivity index (χ3n) is 4.42. The zero-order chi connectivity index (χ0) is 18.8. The van der Waals surface area contributed by atoms with Crippen molar-refractivity contribution in [3.05, 3.63) is 88.5 Å². The summed E-state index contributed by atoms with van der Waals surface area (Å²) >= 11 is 0.945. The molecular weight excluding hydrogens is 358 g/mol. The molecule has 2 aromatic carbocycles. The Balaban J connectivity index is 1.55. The number of amides is 2. The molecule has 0 aliphatic carbocycles. The van der Waals surface area contributed by atoms with E-state index >= 15 is 0 Å². The highest BCUT2D eigenvalue weighted by atomic mass is 32.2. The highest BCUT2D eigenvalue weighted by Crippen LogP contribution is 2.34. The van der Waals surface area contributed by atoms with E-state index in [1.807, 2.05) is 67.6 Å². The first-order valence-electron chi connectivity index (χ1n) is 8.57. The molecule has 3 aromatic rings. The maximum absolute atomic E-state index is 12.7. The average Bonchev–Trinajstić information content (AvgIpc) is 3.25. The molecule has 1 aliphatic rings. The van der Waals surface area contributed by atoms with Crippen LogP contribution in [0.5, 0.6) is 0 Å². The van der Waals surface area contributed by atoms with Gasteiger partial charge in [-0.1, -0.05) is 54.6 Å². The summed E-state index contributed by atoms with van der Waals surface area (Å²) in [6, 6.07) is 21.1. The van der Waals surface area contributed by atoms with Crippen molar-refractivity contribution in [2.75, 3.05) is 0 Å². The number of carbonyl (C=O) groups is 2. The van der Waals surface area contributed by atoms with Crippen LogP contribution in [0.15, 0.2) is 76.1 Å². The number of furan rings is 1. The van der Waals surface area contributed by atoms with Crippen LogP contribution in [0, 0.1) is 6.92 Å². The van der Waals surface area contributed by atoms with E-state index in [0.717, 1.165) is 34.2 Å². The van der Waals surface area contributed by atoms with Crippen molar-refractivity contribution in [3.8, 4) is 11.3 Å². The van der Waals surface area contributed by atoms with E-state index in [1.165, 1.54) is 4.90 Å². The number of hydrogen-bond donors (Lipinski definition) is 0. The normalized spacial score (nSPS) is 15.7. The summed E-state index contributed by atoms with van der Waals surface area (Å²) < 4.78 is 5.82. The van der Waals surface area contributed by atoms with Gasteiger partial charge in [0.1, 0.15) is 11.5 Å². The van der Waals surface area contributed by atoms with Gasteiger partial charge in [-0.05, 0) is 41.9 Å². The molecule has 4 nitrogen and oxygen atoms in total. The second-order valence-corrected chi connectivity index (χ2v) is 7.26. The van der Waals surface area contributed by atoms with Crippen LogP contribution in [0.25, 0.3) is 17.4 Å². The Morgan fingerprint density at radius 3 is 2.48 bits per heavy atom. The number of imide groups is 1. The Hall–Kier alpha value is -3.05. The van der Waals surface area contributed by atoms with Crippen LogP contribution in [0.1, 0.15) is 16.9 Å². The molecule has 0 unspecified atom stereocenters. The fourth-order valence-corrected chi connectivity index (χ4v) is 3.73. The van der Waals surface area contributed by atoms with Gasteiger partial charge in [-0.15, -0.1) is 0 Å². The van der Waals surface area contributed by atoms with E-state index < -0.39 is 0 Å². The molecule has 4 rings (SSSR count). The summed E-state index contributed by atoms with van der Waals surface area (Å²) in [4.78, 5) is 26.7. The molecule has 1 saturated heterocycles. The number of aryl methyl sites for hydroxylation is 1. The molecule has 0 spiro atoms.